The summed E-state index contributed by atoms with van der Waals surface area (Å²) in [6, 6.07) is 15.1. The van der Waals surface area contributed by atoms with Crippen LogP contribution in [0.2, 0.25) is 0 Å². The molecule has 0 saturated heterocycles. The zero-order valence-electron chi connectivity index (χ0n) is 11.9. The smallest absolute Gasteiger partial charge is 0.125 e. The van der Waals surface area contributed by atoms with Crippen molar-refractivity contribution in [3.63, 3.8) is 0 Å². The molecule has 0 fully saturated rings. The van der Waals surface area contributed by atoms with E-state index in [4.69, 9.17) is 9.47 Å². The Bertz CT molecular complexity index is 551. The highest BCUT2D eigenvalue weighted by Crippen LogP contribution is 2.31. The second-order valence-corrected chi connectivity index (χ2v) is 4.38. The van der Waals surface area contributed by atoms with E-state index in [0.29, 0.717) is 19.0 Å². The summed E-state index contributed by atoms with van der Waals surface area (Å²) < 4.78 is 11.0. The van der Waals surface area contributed by atoms with Gasteiger partial charge in [0.1, 0.15) is 17.6 Å². The summed E-state index contributed by atoms with van der Waals surface area (Å²) in [5.74, 6) is 1.47. The minimum atomic E-state index is -0.724. The van der Waals surface area contributed by atoms with Crippen LogP contribution in [0.15, 0.2) is 48.5 Å². The van der Waals surface area contributed by atoms with E-state index in [0.717, 1.165) is 16.9 Å². The lowest BCUT2D eigenvalue weighted by Gasteiger charge is -2.16. The van der Waals surface area contributed by atoms with E-state index in [1.807, 2.05) is 62.4 Å². The fraction of sp³-hybridized carbons (Fsp3) is 0.294. The molecule has 0 radical (unpaired) electrons. The number of benzene rings is 2. The van der Waals surface area contributed by atoms with Gasteiger partial charge >= 0.3 is 0 Å². The van der Waals surface area contributed by atoms with E-state index in [9.17, 15) is 5.11 Å². The Morgan fingerprint density at radius 2 is 1.70 bits per heavy atom. The molecule has 0 aliphatic carbocycles. The van der Waals surface area contributed by atoms with Crippen LogP contribution >= 0.6 is 0 Å². The summed E-state index contributed by atoms with van der Waals surface area (Å²) in [5.41, 5.74) is 1.56. The minimum absolute atomic E-state index is 0.572. The highest BCUT2D eigenvalue weighted by Gasteiger charge is 2.15. The molecule has 0 saturated carbocycles. The third-order valence-corrected chi connectivity index (χ3v) is 3.00. The minimum Gasteiger partial charge on any atom is -0.494 e. The standard InChI is InChI=1S/C17H20O3/c1-3-19-14-9-7-8-13(12-14)17(18)15-10-5-6-11-16(15)20-4-2/h5-12,17-18H,3-4H2,1-2H3. The number of rotatable bonds is 6. The van der Waals surface area contributed by atoms with E-state index < -0.39 is 6.10 Å². The summed E-state index contributed by atoms with van der Waals surface area (Å²) in [7, 11) is 0. The fourth-order valence-corrected chi connectivity index (χ4v) is 2.11. The molecule has 1 unspecified atom stereocenters. The van der Waals surface area contributed by atoms with Gasteiger partial charge in [0.05, 0.1) is 13.2 Å². The molecule has 3 nitrogen and oxygen atoms in total. The lowest BCUT2D eigenvalue weighted by Crippen LogP contribution is -2.04. The molecule has 0 aromatic heterocycles. The third-order valence-electron chi connectivity index (χ3n) is 3.00. The Labute approximate surface area is 119 Å². The van der Waals surface area contributed by atoms with Gasteiger partial charge < -0.3 is 14.6 Å². The molecule has 0 amide bonds. The molecule has 3 heteroatoms. The van der Waals surface area contributed by atoms with Crippen LogP contribution in [0, 0.1) is 0 Å². The van der Waals surface area contributed by atoms with E-state index in [1.165, 1.54) is 0 Å². The zero-order chi connectivity index (χ0) is 14.4. The van der Waals surface area contributed by atoms with Crippen LogP contribution in [0.4, 0.5) is 0 Å². The summed E-state index contributed by atoms with van der Waals surface area (Å²) in [6.07, 6.45) is -0.724. The van der Waals surface area contributed by atoms with Crippen molar-refractivity contribution in [3.05, 3.63) is 59.7 Å². The van der Waals surface area contributed by atoms with Crippen molar-refractivity contribution in [1.82, 2.24) is 0 Å². The van der Waals surface area contributed by atoms with Gasteiger partial charge in [0.25, 0.3) is 0 Å². The maximum atomic E-state index is 10.6. The van der Waals surface area contributed by atoms with Crippen molar-refractivity contribution in [1.29, 1.82) is 0 Å². The van der Waals surface area contributed by atoms with Gasteiger partial charge in [0.15, 0.2) is 0 Å². The second-order valence-electron chi connectivity index (χ2n) is 4.38. The van der Waals surface area contributed by atoms with Crippen molar-refractivity contribution >= 4 is 0 Å². The van der Waals surface area contributed by atoms with Gasteiger partial charge in [-0.2, -0.15) is 0 Å². The molecule has 2 rings (SSSR count). The monoisotopic (exact) mass is 272 g/mol. The molecule has 2 aromatic rings. The highest BCUT2D eigenvalue weighted by atomic mass is 16.5. The predicted octanol–water partition coefficient (Wildman–Crippen LogP) is 3.57. The first-order valence-electron chi connectivity index (χ1n) is 6.88. The first kappa shape index (κ1) is 14.4. The molecular formula is C17H20O3. The number of aliphatic hydroxyl groups excluding tert-OH is 1. The number of para-hydroxylation sites is 1. The van der Waals surface area contributed by atoms with E-state index in [1.54, 1.807) is 0 Å². The maximum Gasteiger partial charge on any atom is 0.125 e. The van der Waals surface area contributed by atoms with Crippen molar-refractivity contribution in [2.45, 2.75) is 20.0 Å². The van der Waals surface area contributed by atoms with Crippen LogP contribution in [0.1, 0.15) is 31.1 Å². The fourth-order valence-electron chi connectivity index (χ4n) is 2.11. The molecule has 0 aliphatic rings. The molecule has 106 valence electrons. The van der Waals surface area contributed by atoms with Gasteiger partial charge in [0.2, 0.25) is 0 Å². The SMILES string of the molecule is CCOc1cccc(C(O)c2ccccc2OCC)c1. The summed E-state index contributed by atoms with van der Waals surface area (Å²) in [6.45, 7) is 5.05. The van der Waals surface area contributed by atoms with Gasteiger partial charge in [0, 0.05) is 5.56 Å². The van der Waals surface area contributed by atoms with Gasteiger partial charge in [-0.25, -0.2) is 0 Å². The molecular weight excluding hydrogens is 252 g/mol. The molecule has 0 heterocycles. The Morgan fingerprint density at radius 1 is 0.950 bits per heavy atom. The lowest BCUT2D eigenvalue weighted by atomic mass is 10.0. The molecule has 2 aromatic carbocycles. The van der Waals surface area contributed by atoms with Crippen LogP contribution in [0.5, 0.6) is 11.5 Å². The lowest BCUT2D eigenvalue weighted by molar-refractivity contribution is 0.211. The molecule has 1 atom stereocenters. The number of aliphatic hydroxyl groups is 1. The summed E-state index contributed by atoms with van der Waals surface area (Å²) in [4.78, 5) is 0. The Hall–Kier alpha value is -2.00. The van der Waals surface area contributed by atoms with Crippen molar-refractivity contribution in [3.8, 4) is 11.5 Å². The zero-order valence-corrected chi connectivity index (χ0v) is 11.9. The topological polar surface area (TPSA) is 38.7 Å². The Balaban J connectivity index is 2.30. The Kier molecular flexibility index (Phi) is 5.02. The summed E-state index contributed by atoms with van der Waals surface area (Å²) >= 11 is 0. The quantitative estimate of drug-likeness (QED) is 0.873. The molecule has 1 N–H and O–H groups in total. The van der Waals surface area contributed by atoms with E-state index >= 15 is 0 Å². The average molecular weight is 272 g/mol. The van der Waals surface area contributed by atoms with Gasteiger partial charge in [-0.05, 0) is 37.6 Å². The van der Waals surface area contributed by atoms with Crippen molar-refractivity contribution in [2.75, 3.05) is 13.2 Å². The largest absolute Gasteiger partial charge is 0.494 e. The second kappa shape index (κ2) is 6.96. The van der Waals surface area contributed by atoms with Crippen LogP contribution < -0.4 is 9.47 Å². The third kappa shape index (κ3) is 3.31. The van der Waals surface area contributed by atoms with Crippen LogP contribution in [0.25, 0.3) is 0 Å². The first-order chi connectivity index (χ1) is 9.76. The molecule has 0 spiro atoms. The number of ether oxygens (including phenoxy) is 2. The Morgan fingerprint density at radius 3 is 2.45 bits per heavy atom. The van der Waals surface area contributed by atoms with Gasteiger partial charge in [-0.1, -0.05) is 30.3 Å². The van der Waals surface area contributed by atoms with Crippen molar-refractivity contribution < 1.29 is 14.6 Å². The van der Waals surface area contributed by atoms with Crippen LogP contribution in [0.3, 0.4) is 0 Å². The van der Waals surface area contributed by atoms with Gasteiger partial charge in [-0.3, -0.25) is 0 Å². The molecule has 0 aliphatic heterocycles. The van der Waals surface area contributed by atoms with Gasteiger partial charge in [-0.15, -0.1) is 0 Å². The van der Waals surface area contributed by atoms with Crippen molar-refractivity contribution in [2.24, 2.45) is 0 Å². The first-order valence-corrected chi connectivity index (χ1v) is 6.88. The average Bonchev–Trinajstić information content (AvgIpc) is 2.48. The molecule has 20 heavy (non-hydrogen) atoms. The molecule has 0 bridgehead atoms. The summed E-state index contributed by atoms with van der Waals surface area (Å²) in [5, 5.41) is 10.6. The highest BCUT2D eigenvalue weighted by molar-refractivity contribution is 5.42. The number of hydrogen-bond donors (Lipinski definition) is 1. The normalized spacial score (nSPS) is 11.9. The predicted molar refractivity (Wildman–Crippen MR) is 79.3 cm³/mol. The number of hydrogen-bond acceptors (Lipinski definition) is 3. The van der Waals surface area contributed by atoms with E-state index in [2.05, 4.69) is 0 Å². The van der Waals surface area contributed by atoms with E-state index in [-0.39, 0.29) is 0 Å². The van der Waals surface area contributed by atoms with Crippen LogP contribution in [-0.4, -0.2) is 18.3 Å². The van der Waals surface area contributed by atoms with Crippen LogP contribution in [-0.2, 0) is 0 Å². The maximum absolute atomic E-state index is 10.6.